The Morgan fingerprint density at radius 1 is 1.29 bits per heavy atom. The molecular weight excluding hydrogens is 191 g/mol. The summed E-state index contributed by atoms with van der Waals surface area (Å²) >= 11 is 0. The van der Waals surface area contributed by atoms with Gasteiger partial charge in [0, 0.05) is 12.2 Å². The van der Waals surface area contributed by atoms with Gasteiger partial charge >= 0.3 is 6.18 Å². The van der Waals surface area contributed by atoms with Gasteiger partial charge in [0.15, 0.2) is 0 Å². The molecule has 0 heterocycles. The van der Waals surface area contributed by atoms with Gasteiger partial charge in [-0.1, -0.05) is 6.07 Å². The third-order valence-electron chi connectivity index (χ3n) is 2.01. The fourth-order valence-corrected chi connectivity index (χ4v) is 1.32. The average Bonchev–Trinajstić information content (AvgIpc) is 2.07. The first-order chi connectivity index (χ1) is 6.46. The first kappa shape index (κ1) is 10.9. The van der Waals surface area contributed by atoms with E-state index in [1.807, 2.05) is 6.92 Å². The minimum Gasteiger partial charge on any atom is -0.385 e. The topological polar surface area (TPSA) is 12.0 Å². The molecule has 1 nitrogen and oxygen atoms in total. The molecule has 78 valence electrons. The summed E-state index contributed by atoms with van der Waals surface area (Å²) in [5.41, 5.74) is 0.222. The number of alkyl halides is 3. The fourth-order valence-electron chi connectivity index (χ4n) is 1.32. The Bertz CT molecular complexity index is 318. The van der Waals surface area contributed by atoms with Crippen LogP contribution in [0.2, 0.25) is 0 Å². The highest BCUT2D eigenvalue weighted by atomic mass is 19.4. The fraction of sp³-hybridized carbons (Fsp3) is 0.400. The highest BCUT2D eigenvalue weighted by Gasteiger charge is 2.32. The molecule has 0 aliphatic heterocycles. The number of benzene rings is 1. The van der Waals surface area contributed by atoms with Crippen molar-refractivity contribution in [3.8, 4) is 0 Å². The van der Waals surface area contributed by atoms with E-state index in [4.69, 9.17) is 0 Å². The largest absolute Gasteiger partial charge is 0.416 e. The van der Waals surface area contributed by atoms with E-state index in [2.05, 4.69) is 5.32 Å². The Hall–Kier alpha value is -1.19. The lowest BCUT2D eigenvalue weighted by atomic mass is 10.1. The Morgan fingerprint density at radius 3 is 2.43 bits per heavy atom. The highest BCUT2D eigenvalue weighted by molar-refractivity contribution is 5.54. The smallest absolute Gasteiger partial charge is 0.385 e. The van der Waals surface area contributed by atoms with Crippen molar-refractivity contribution in [1.29, 1.82) is 0 Å². The first-order valence-corrected chi connectivity index (χ1v) is 4.37. The minimum atomic E-state index is -4.27. The summed E-state index contributed by atoms with van der Waals surface area (Å²) in [6.45, 7) is 3.93. The molecule has 1 aromatic carbocycles. The number of hydrogen-bond donors (Lipinski definition) is 1. The normalized spacial score (nSPS) is 11.5. The molecular formula is C10H12F3N. The molecule has 0 aliphatic rings. The monoisotopic (exact) mass is 203 g/mol. The lowest BCUT2D eigenvalue weighted by molar-refractivity contribution is -0.138. The van der Waals surface area contributed by atoms with Gasteiger partial charge in [-0.15, -0.1) is 0 Å². The summed E-state index contributed by atoms with van der Waals surface area (Å²) in [7, 11) is 0. The summed E-state index contributed by atoms with van der Waals surface area (Å²) in [4.78, 5) is 0. The van der Waals surface area contributed by atoms with Crippen LogP contribution in [-0.2, 0) is 6.18 Å². The molecule has 0 spiro atoms. The van der Waals surface area contributed by atoms with E-state index in [9.17, 15) is 13.2 Å². The van der Waals surface area contributed by atoms with Crippen LogP contribution in [0.5, 0.6) is 0 Å². The second-order valence-corrected chi connectivity index (χ2v) is 3.01. The van der Waals surface area contributed by atoms with Crippen molar-refractivity contribution in [1.82, 2.24) is 0 Å². The predicted octanol–water partition coefficient (Wildman–Crippen LogP) is 3.45. The van der Waals surface area contributed by atoms with Crippen LogP contribution >= 0.6 is 0 Å². The van der Waals surface area contributed by atoms with Crippen molar-refractivity contribution < 1.29 is 13.2 Å². The van der Waals surface area contributed by atoms with E-state index in [1.54, 1.807) is 6.07 Å². The Labute approximate surface area is 80.9 Å². The van der Waals surface area contributed by atoms with Crippen LogP contribution in [0.1, 0.15) is 18.1 Å². The second kappa shape index (κ2) is 3.90. The summed E-state index contributed by atoms with van der Waals surface area (Å²) in [5, 5.41) is 2.89. The molecule has 14 heavy (non-hydrogen) atoms. The molecule has 1 rings (SSSR count). The zero-order valence-electron chi connectivity index (χ0n) is 8.07. The van der Waals surface area contributed by atoms with Crippen LogP contribution in [0.15, 0.2) is 18.2 Å². The van der Waals surface area contributed by atoms with Gasteiger partial charge in [-0.25, -0.2) is 0 Å². The van der Waals surface area contributed by atoms with Crippen molar-refractivity contribution in [2.45, 2.75) is 20.0 Å². The molecule has 1 aromatic rings. The summed E-state index contributed by atoms with van der Waals surface area (Å²) < 4.78 is 37.3. The highest BCUT2D eigenvalue weighted by Crippen LogP contribution is 2.34. The quantitative estimate of drug-likeness (QED) is 0.776. The molecule has 0 amide bonds. The number of nitrogens with one attached hydrogen (secondary N) is 1. The van der Waals surface area contributed by atoms with Crippen LogP contribution in [0.3, 0.4) is 0 Å². The summed E-state index contributed by atoms with van der Waals surface area (Å²) in [5.74, 6) is 0. The SMILES string of the molecule is CCNc1cccc(C(F)(F)F)c1C. The third kappa shape index (κ3) is 2.19. The molecule has 1 N–H and O–H groups in total. The predicted molar refractivity (Wildman–Crippen MR) is 50.3 cm³/mol. The standard InChI is InChI=1S/C10H12F3N/c1-3-14-9-6-4-5-8(7(9)2)10(11,12)13/h4-6,14H,3H2,1-2H3. The van der Waals surface area contributed by atoms with Crippen LogP contribution in [0.25, 0.3) is 0 Å². The number of hydrogen-bond acceptors (Lipinski definition) is 1. The molecule has 0 fully saturated rings. The second-order valence-electron chi connectivity index (χ2n) is 3.01. The molecule has 0 aromatic heterocycles. The maximum atomic E-state index is 12.4. The first-order valence-electron chi connectivity index (χ1n) is 4.37. The van der Waals surface area contributed by atoms with E-state index in [0.29, 0.717) is 12.2 Å². The molecule has 0 radical (unpaired) electrons. The van der Waals surface area contributed by atoms with Gasteiger partial charge in [0.05, 0.1) is 5.56 Å². The van der Waals surface area contributed by atoms with Crippen LogP contribution < -0.4 is 5.32 Å². The van der Waals surface area contributed by atoms with Gasteiger partial charge in [0.25, 0.3) is 0 Å². The Kier molecular flexibility index (Phi) is 3.03. The molecule has 0 saturated carbocycles. The minimum absolute atomic E-state index is 0.252. The number of halogens is 3. The van der Waals surface area contributed by atoms with E-state index >= 15 is 0 Å². The lowest BCUT2D eigenvalue weighted by Gasteiger charge is -2.14. The molecule has 4 heteroatoms. The van der Waals surface area contributed by atoms with Gasteiger partial charge in [-0.3, -0.25) is 0 Å². The van der Waals surface area contributed by atoms with Crippen molar-refractivity contribution >= 4 is 5.69 Å². The van der Waals surface area contributed by atoms with Crippen molar-refractivity contribution in [3.63, 3.8) is 0 Å². The van der Waals surface area contributed by atoms with Gasteiger partial charge in [-0.05, 0) is 31.5 Å². The third-order valence-corrected chi connectivity index (χ3v) is 2.01. The van der Waals surface area contributed by atoms with E-state index in [-0.39, 0.29) is 5.56 Å². The van der Waals surface area contributed by atoms with Crippen molar-refractivity contribution in [2.24, 2.45) is 0 Å². The Morgan fingerprint density at radius 2 is 1.93 bits per heavy atom. The number of rotatable bonds is 2. The Balaban J connectivity index is 3.14. The van der Waals surface area contributed by atoms with E-state index < -0.39 is 11.7 Å². The molecule has 0 atom stereocenters. The average molecular weight is 203 g/mol. The van der Waals surface area contributed by atoms with Crippen molar-refractivity contribution in [2.75, 3.05) is 11.9 Å². The summed E-state index contributed by atoms with van der Waals surface area (Å²) in [6.07, 6.45) is -4.27. The van der Waals surface area contributed by atoms with Gasteiger partial charge in [0.2, 0.25) is 0 Å². The van der Waals surface area contributed by atoms with E-state index in [1.165, 1.54) is 13.0 Å². The molecule has 0 aliphatic carbocycles. The zero-order valence-corrected chi connectivity index (χ0v) is 8.07. The lowest BCUT2D eigenvalue weighted by Crippen LogP contribution is -2.09. The summed E-state index contributed by atoms with van der Waals surface area (Å²) in [6, 6.07) is 4.15. The van der Waals surface area contributed by atoms with Crippen molar-refractivity contribution in [3.05, 3.63) is 29.3 Å². The van der Waals surface area contributed by atoms with Crippen LogP contribution in [0.4, 0.5) is 18.9 Å². The van der Waals surface area contributed by atoms with Crippen LogP contribution in [-0.4, -0.2) is 6.54 Å². The van der Waals surface area contributed by atoms with E-state index in [0.717, 1.165) is 6.07 Å². The van der Waals surface area contributed by atoms with Gasteiger partial charge < -0.3 is 5.32 Å². The molecule has 0 bridgehead atoms. The number of anilines is 1. The molecule has 0 unspecified atom stereocenters. The maximum absolute atomic E-state index is 12.4. The van der Waals surface area contributed by atoms with Crippen LogP contribution in [0, 0.1) is 6.92 Å². The van der Waals surface area contributed by atoms with Gasteiger partial charge in [-0.2, -0.15) is 13.2 Å². The maximum Gasteiger partial charge on any atom is 0.416 e. The molecule has 0 saturated heterocycles. The van der Waals surface area contributed by atoms with Gasteiger partial charge in [0.1, 0.15) is 0 Å². The zero-order chi connectivity index (χ0) is 10.8.